The van der Waals surface area contributed by atoms with Crippen LogP contribution < -0.4 is 0 Å². The molecule has 0 fully saturated rings. The lowest BCUT2D eigenvalue weighted by Crippen LogP contribution is -2.11. The van der Waals surface area contributed by atoms with Crippen LogP contribution in [0.1, 0.15) is 21.6 Å². The molecule has 2 rings (SSSR count). The number of hydrogen-bond acceptors (Lipinski definition) is 5. The second-order valence-corrected chi connectivity index (χ2v) is 3.18. The zero-order chi connectivity index (χ0) is 11.0. The molecule has 0 bridgehead atoms. The van der Waals surface area contributed by atoms with Crippen LogP contribution in [0, 0.1) is 13.8 Å². The number of aryl methyl sites for hydroxylation is 2. The molecule has 0 radical (unpaired) electrons. The molecule has 0 atom stereocenters. The van der Waals surface area contributed by atoms with Crippen LogP contribution in [0.4, 0.5) is 0 Å². The summed E-state index contributed by atoms with van der Waals surface area (Å²) in [5, 5.41) is 11.8. The molecule has 0 N–H and O–H groups in total. The van der Waals surface area contributed by atoms with Gasteiger partial charge in [0.15, 0.2) is 5.65 Å². The van der Waals surface area contributed by atoms with Gasteiger partial charge in [-0.2, -0.15) is 9.61 Å². The predicted molar refractivity (Wildman–Crippen MR) is 51.6 cm³/mol. The number of rotatable bonds is 1. The van der Waals surface area contributed by atoms with Gasteiger partial charge in [0, 0.05) is 5.56 Å². The number of hydrogen-bond donors (Lipinski definition) is 0. The lowest BCUT2D eigenvalue weighted by molar-refractivity contribution is 0.0598. The number of carbonyl (C=O) groups excluding carboxylic acids is 1. The highest BCUT2D eigenvalue weighted by Crippen LogP contribution is 2.15. The molecule has 0 aliphatic carbocycles. The van der Waals surface area contributed by atoms with Crippen molar-refractivity contribution < 1.29 is 9.53 Å². The second kappa shape index (κ2) is 3.30. The highest BCUT2D eigenvalue weighted by molar-refractivity contribution is 5.93. The van der Waals surface area contributed by atoms with Gasteiger partial charge in [0.1, 0.15) is 6.33 Å². The normalized spacial score (nSPS) is 10.6. The molecular formula is C9H10N4O2. The SMILES string of the molecule is COC(=O)c1c(C)nn2cnnc2c1C. The largest absolute Gasteiger partial charge is 0.465 e. The third kappa shape index (κ3) is 1.34. The third-order valence-corrected chi connectivity index (χ3v) is 2.25. The Balaban J connectivity index is 2.78. The molecule has 0 spiro atoms. The molecule has 0 saturated heterocycles. The summed E-state index contributed by atoms with van der Waals surface area (Å²) < 4.78 is 6.23. The summed E-state index contributed by atoms with van der Waals surface area (Å²) in [4.78, 5) is 11.5. The van der Waals surface area contributed by atoms with E-state index in [0.29, 0.717) is 16.9 Å². The molecule has 6 heteroatoms. The van der Waals surface area contributed by atoms with Gasteiger partial charge in [0.05, 0.1) is 18.4 Å². The Morgan fingerprint density at radius 3 is 2.87 bits per heavy atom. The number of methoxy groups -OCH3 is 1. The lowest BCUT2D eigenvalue weighted by Gasteiger charge is -2.07. The zero-order valence-electron chi connectivity index (χ0n) is 8.68. The van der Waals surface area contributed by atoms with Crippen LogP contribution in [-0.2, 0) is 4.74 Å². The Morgan fingerprint density at radius 1 is 1.47 bits per heavy atom. The fourth-order valence-corrected chi connectivity index (χ4v) is 1.55. The van der Waals surface area contributed by atoms with Crippen molar-refractivity contribution >= 4 is 11.6 Å². The minimum absolute atomic E-state index is 0.400. The van der Waals surface area contributed by atoms with Crippen molar-refractivity contribution in [3.05, 3.63) is 23.1 Å². The first-order valence-electron chi connectivity index (χ1n) is 4.40. The van der Waals surface area contributed by atoms with Crippen LogP contribution in [0.2, 0.25) is 0 Å². The van der Waals surface area contributed by atoms with Crippen LogP contribution in [-0.4, -0.2) is 32.9 Å². The van der Waals surface area contributed by atoms with E-state index in [1.54, 1.807) is 13.8 Å². The molecule has 78 valence electrons. The van der Waals surface area contributed by atoms with Gasteiger partial charge in [-0.3, -0.25) is 0 Å². The topological polar surface area (TPSA) is 69.4 Å². The second-order valence-electron chi connectivity index (χ2n) is 3.18. The quantitative estimate of drug-likeness (QED) is 0.636. The summed E-state index contributed by atoms with van der Waals surface area (Å²) in [6, 6.07) is 0. The van der Waals surface area contributed by atoms with Gasteiger partial charge in [0.25, 0.3) is 0 Å². The maximum absolute atomic E-state index is 11.5. The molecule has 2 aromatic heterocycles. The molecule has 0 aliphatic heterocycles. The van der Waals surface area contributed by atoms with E-state index in [-0.39, 0.29) is 0 Å². The van der Waals surface area contributed by atoms with Gasteiger partial charge < -0.3 is 4.74 Å². The van der Waals surface area contributed by atoms with Gasteiger partial charge in [-0.15, -0.1) is 10.2 Å². The first kappa shape index (κ1) is 9.57. The lowest BCUT2D eigenvalue weighted by atomic mass is 10.1. The van der Waals surface area contributed by atoms with E-state index in [9.17, 15) is 4.79 Å². The van der Waals surface area contributed by atoms with E-state index in [1.165, 1.54) is 18.0 Å². The molecule has 0 aliphatic rings. The molecule has 2 aromatic rings. The van der Waals surface area contributed by atoms with Gasteiger partial charge in [-0.1, -0.05) is 0 Å². The van der Waals surface area contributed by atoms with E-state index in [0.717, 1.165) is 5.56 Å². The van der Waals surface area contributed by atoms with Crippen molar-refractivity contribution in [2.75, 3.05) is 7.11 Å². The summed E-state index contributed by atoms with van der Waals surface area (Å²) >= 11 is 0. The summed E-state index contributed by atoms with van der Waals surface area (Å²) in [5.74, 6) is -0.400. The van der Waals surface area contributed by atoms with Crippen LogP contribution in [0.15, 0.2) is 6.33 Å². The fourth-order valence-electron chi connectivity index (χ4n) is 1.55. The summed E-state index contributed by atoms with van der Waals surface area (Å²) in [5.41, 5.74) is 2.36. The molecule has 2 heterocycles. The van der Waals surface area contributed by atoms with Crippen LogP contribution in [0.25, 0.3) is 5.65 Å². The monoisotopic (exact) mass is 206 g/mol. The Hall–Kier alpha value is -1.98. The average molecular weight is 206 g/mol. The van der Waals surface area contributed by atoms with Crippen LogP contribution in [0.5, 0.6) is 0 Å². The van der Waals surface area contributed by atoms with E-state index in [2.05, 4.69) is 20.0 Å². The highest BCUT2D eigenvalue weighted by atomic mass is 16.5. The van der Waals surface area contributed by atoms with Crippen LogP contribution >= 0.6 is 0 Å². The van der Waals surface area contributed by atoms with Crippen molar-refractivity contribution in [3.63, 3.8) is 0 Å². The van der Waals surface area contributed by atoms with Gasteiger partial charge in [-0.05, 0) is 13.8 Å². The smallest absolute Gasteiger partial charge is 0.340 e. The van der Waals surface area contributed by atoms with Gasteiger partial charge in [-0.25, -0.2) is 4.79 Å². The van der Waals surface area contributed by atoms with E-state index >= 15 is 0 Å². The van der Waals surface area contributed by atoms with E-state index in [4.69, 9.17) is 0 Å². The Bertz CT molecular complexity index is 532. The predicted octanol–water partition coefficient (Wildman–Crippen LogP) is 0.528. The van der Waals surface area contributed by atoms with Crippen molar-refractivity contribution in [2.24, 2.45) is 0 Å². The summed E-state index contributed by atoms with van der Waals surface area (Å²) in [6.07, 6.45) is 1.50. The zero-order valence-corrected chi connectivity index (χ0v) is 8.68. The molecular weight excluding hydrogens is 196 g/mol. The molecule has 0 saturated carbocycles. The molecule has 6 nitrogen and oxygen atoms in total. The van der Waals surface area contributed by atoms with Crippen molar-refractivity contribution in [2.45, 2.75) is 13.8 Å². The minimum atomic E-state index is -0.400. The number of fused-ring (bicyclic) bond motifs is 1. The number of aromatic nitrogens is 4. The summed E-state index contributed by atoms with van der Waals surface area (Å²) in [6.45, 7) is 3.55. The molecule has 0 aromatic carbocycles. The number of carbonyl (C=O) groups is 1. The van der Waals surface area contributed by atoms with Crippen molar-refractivity contribution in [1.29, 1.82) is 0 Å². The van der Waals surface area contributed by atoms with Gasteiger partial charge >= 0.3 is 5.97 Å². The number of nitrogens with zero attached hydrogens (tertiary/aromatic N) is 4. The molecule has 0 amide bonds. The number of esters is 1. The summed E-state index contributed by atoms with van der Waals surface area (Å²) in [7, 11) is 1.34. The maximum atomic E-state index is 11.5. The Labute approximate surface area is 85.9 Å². The Kier molecular flexibility index (Phi) is 2.11. The van der Waals surface area contributed by atoms with E-state index in [1.807, 2.05) is 0 Å². The molecule has 0 unspecified atom stereocenters. The standard InChI is InChI=1S/C9H10N4O2/c1-5-7(9(14)15-3)6(2)12-13-4-10-11-8(5)13/h4H,1-3H3. The molecule has 15 heavy (non-hydrogen) atoms. The third-order valence-electron chi connectivity index (χ3n) is 2.25. The highest BCUT2D eigenvalue weighted by Gasteiger charge is 2.17. The van der Waals surface area contributed by atoms with E-state index < -0.39 is 5.97 Å². The van der Waals surface area contributed by atoms with Crippen molar-refractivity contribution in [1.82, 2.24) is 19.8 Å². The first-order valence-corrected chi connectivity index (χ1v) is 4.40. The number of ether oxygens (including phenoxy) is 1. The maximum Gasteiger partial charge on any atom is 0.340 e. The average Bonchev–Trinajstić information content (AvgIpc) is 2.65. The Morgan fingerprint density at radius 2 is 2.20 bits per heavy atom. The minimum Gasteiger partial charge on any atom is -0.465 e. The van der Waals surface area contributed by atoms with Crippen LogP contribution in [0.3, 0.4) is 0 Å². The fraction of sp³-hybridized carbons (Fsp3) is 0.333. The van der Waals surface area contributed by atoms with Crippen molar-refractivity contribution in [3.8, 4) is 0 Å². The van der Waals surface area contributed by atoms with Gasteiger partial charge in [0.2, 0.25) is 0 Å². The first-order chi connectivity index (χ1) is 7.15.